The second-order valence-electron chi connectivity index (χ2n) is 4.30. The van der Waals surface area contributed by atoms with Gasteiger partial charge in [0.25, 0.3) is 0 Å². The van der Waals surface area contributed by atoms with E-state index < -0.39 is 11.9 Å². The topological polar surface area (TPSA) is 47.7 Å². The van der Waals surface area contributed by atoms with Gasteiger partial charge in [0.05, 0.1) is 17.6 Å². The zero-order valence-corrected chi connectivity index (χ0v) is 10.8. The summed E-state index contributed by atoms with van der Waals surface area (Å²) in [6, 6.07) is 0. The van der Waals surface area contributed by atoms with Crippen molar-refractivity contribution in [3.8, 4) is 0 Å². The first-order valence-corrected chi connectivity index (χ1v) is 5.61. The van der Waals surface area contributed by atoms with Crippen LogP contribution in [0.2, 0.25) is 0 Å². The normalized spacial score (nSPS) is 11.9. The van der Waals surface area contributed by atoms with E-state index in [1.165, 1.54) is 13.2 Å². The van der Waals surface area contributed by atoms with Gasteiger partial charge in [-0.2, -0.15) is 23.4 Å². The maximum atomic E-state index is 12.8. The van der Waals surface area contributed by atoms with Crippen molar-refractivity contribution in [2.24, 2.45) is 14.1 Å². The fourth-order valence-corrected chi connectivity index (χ4v) is 1.94. The molecule has 0 saturated heterocycles. The van der Waals surface area contributed by atoms with Gasteiger partial charge in [-0.1, -0.05) is 0 Å². The number of nitrogens with zero attached hydrogens (tertiary/aromatic N) is 4. The molecule has 0 aliphatic rings. The zero-order valence-electron chi connectivity index (χ0n) is 10.8. The number of rotatable bonds is 3. The van der Waals surface area contributed by atoms with Crippen LogP contribution >= 0.6 is 0 Å². The number of aryl methyl sites for hydroxylation is 3. The van der Waals surface area contributed by atoms with Crippen molar-refractivity contribution in [1.82, 2.24) is 19.6 Å². The first-order chi connectivity index (χ1) is 8.79. The Hall–Kier alpha value is -1.99. The molecule has 0 spiro atoms. The Kier molecular flexibility index (Phi) is 3.25. The summed E-state index contributed by atoms with van der Waals surface area (Å²) < 4.78 is 41.0. The number of hydrogen-bond acceptors (Lipinski definition) is 3. The van der Waals surface area contributed by atoms with E-state index in [0.29, 0.717) is 5.69 Å². The molecular weight excluding hydrogens is 259 g/mol. The molecule has 0 bridgehead atoms. The molecule has 0 fully saturated rings. The summed E-state index contributed by atoms with van der Waals surface area (Å²) in [4.78, 5) is 0. The lowest BCUT2D eigenvalue weighted by molar-refractivity contribution is -0.144. The third-order valence-electron chi connectivity index (χ3n) is 2.77. The monoisotopic (exact) mass is 273 g/mol. The molecule has 0 amide bonds. The van der Waals surface area contributed by atoms with Crippen LogP contribution in [-0.2, 0) is 26.8 Å². The highest BCUT2D eigenvalue weighted by molar-refractivity contribution is 5.46. The molecule has 0 aliphatic heterocycles. The number of anilines is 1. The lowest BCUT2D eigenvalue weighted by atomic mass is 10.2. The van der Waals surface area contributed by atoms with E-state index in [-0.39, 0.29) is 12.1 Å². The highest BCUT2D eigenvalue weighted by atomic mass is 19.4. The van der Waals surface area contributed by atoms with Crippen molar-refractivity contribution < 1.29 is 13.2 Å². The van der Waals surface area contributed by atoms with Crippen LogP contribution in [0.5, 0.6) is 0 Å². The average molecular weight is 273 g/mol. The fourth-order valence-electron chi connectivity index (χ4n) is 1.94. The Balaban J connectivity index is 2.19. The molecule has 5 nitrogen and oxygen atoms in total. The van der Waals surface area contributed by atoms with Crippen molar-refractivity contribution in [3.63, 3.8) is 0 Å². The predicted octanol–water partition coefficient (Wildman–Crippen LogP) is 2.09. The molecule has 2 rings (SSSR count). The minimum Gasteiger partial charge on any atom is -0.378 e. The van der Waals surface area contributed by atoms with Crippen molar-refractivity contribution in [1.29, 1.82) is 0 Å². The van der Waals surface area contributed by atoms with Crippen LogP contribution in [0, 0.1) is 6.92 Å². The number of nitrogens with one attached hydrogen (secondary N) is 1. The van der Waals surface area contributed by atoms with E-state index in [0.717, 1.165) is 10.4 Å². The molecule has 2 heterocycles. The largest absolute Gasteiger partial charge is 0.433 e. The first kappa shape index (κ1) is 13.4. The van der Waals surface area contributed by atoms with Gasteiger partial charge in [0.1, 0.15) is 5.69 Å². The summed E-state index contributed by atoms with van der Waals surface area (Å²) in [7, 11) is 3.03. The van der Waals surface area contributed by atoms with E-state index in [1.54, 1.807) is 24.9 Å². The van der Waals surface area contributed by atoms with E-state index >= 15 is 0 Å². The summed E-state index contributed by atoms with van der Waals surface area (Å²) in [5, 5.41) is 10.7. The molecule has 19 heavy (non-hydrogen) atoms. The second kappa shape index (κ2) is 4.60. The summed E-state index contributed by atoms with van der Waals surface area (Å²) in [6.07, 6.45) is -1.47. The Morgan fingerprint density at radius 2 is 2.00 bits per heavy atom. The van der Waals surface area contributed by atoms with Gasteiger partial charge in [-0.15, -0.1) is 0 Å². The zero-order chi connectivity index (χ0) is 14.2. The third kappa shape index (κ3) is 2.72. The van der Waals surface area contributed by atoms with E-state index in [4.69, 9.17) is 0 Å². The molecule has 1 N–H and O–H groups in total. The maximum absolute atomic E-state index is 12.8. The highest BCUT2D eigenvalue weighted by Gasteiger charge is 2.37. The Labute approximate surface area is 108 Å². The third-order valence-corrected chi connectivity index (χ3v) is 2.77. The van der Waals surface area contributed by atoms with Gasteiger partial charge in [-0.25, -0.2) is 0 Å². The molecule has 0 atom stereocenters. The minimum absolute atomic E-state index is 0.0508. The molecule has 2 aromatic rings. The van der Waals surface area contributed by atoms with Crippen LogP contribution in [0.25, 0.3) is 0 Å². The first-order valence-electron chi connectivity index (χ1n) is 5.61. The number of alkyl halides is 3. The van der Waals surface area contributed by atoms with Crippen LogP contribution in [-0.4, -0.2) is 19.6 Å². The van der Waals surface area contributed by atoms with Crippen molar-refractivity contribution in [3.05, 3.63) is 29.3 Å². The van der Waals surface area contributed by atoms with Crippen molar-refractivity contribution in [2.45, 2.75) is 19.6 Å². The summed E-state index contributed by atoms with van der Waals surface area (Å²) in [6.45, 7) is 1.84. The van der Waals surface area contributed by atoms with Crippen molar-refractivity contribution >= 4 is 5.69 Å². The van der Waals surface area contributed by atoms with Gasteiger partial charge < -0.3 is 5.32 Å². The Bertz CT molecular complexity index is 582. The standard InChI is InChI=1S/C11H14F3N5/c1-7-9(6-18(2)17-7)15-4-8-5-16-19(3)10(8)11(12,13)14/h5-6,15H,4H2,1-3H3. The van der Waals surface area contributed by atoms with Crippen LogP contribution in [0.4, 0.5) is 18.9 Å². The van der Waals surface area contributed by atoms with Crippen LogP contribution < -0.4 is 5.32 Å². The average Bonchev–Trinajstić information content (AvgIpc) is 2.78. The molecule has 0 saturated carbocycles. The fraction of sp³-hybridized carbons (Fsp3) is 0.455. The second-order valence-corrected chi connectivity index (χ2v) is 4.30. The van der Waals surface area contributed by atoms with Gasteiger partial charge in [0.15, 0.2) is 0 Å². The molecule has 0 unspecified atom stereocenters. The van der Waals surface area contributed by atoms with Gasteiger partial charge in [-0.05, 0) is 6.92 Å². The van der Waals surface area contributed by atoms with E-state index in [2.05, 4.69) is 15.5 Å². The minimum atomic E-state index is -4.41. The summed E-state index contributed by atoms with van der Waals surface area (Å²) in [5.74, 6) is 0. The van der Waals surface area contributed by atoms with Crippen molar-refractivity contribution in [2.75, 3.05) is 5.32 Å². The van der Waals surface area contributed by atoms with Gasteiger partial charge in [0, 0.05) is 32.4 Å². The van der Waals surface area contributed by atoms with Gasteiger partial charge >= 0.3 is 6.18 Å². The van der Waals surface area contributed by atoms with E-state index in [9.17, 15) is 13.2 Å². The highest BCUT2D eigenvalue weighted by Crippen LogP contribution is 2.31. The molecule has 0 aromatic carbocycles. The Morgan fingerprint density at radius 3 is 2.53 bits per heavy atom. The Morgan fingerprint density at radius 1 is 1.32 bits per heavy atom. The smallest absolute Gasteiger partial charge is 0.378 e. The van der Waals surface area contributed by atoms with Crippen LogP contribution in [0.15, 0.2) is 12.4 Å². The van der Waals surface area contributed by atoms with Crippen LogP contribution in [0.1, 0.15) is 17.0 Å². The predicted molar refractivity (Wildman–Crippen MR) is 63.5 cm³/mol. The SMILES string of the molecule is Cc1nn(C)cc1NCc1cnn(C)c1C(F)(F)F. The molecule has 104 valence electrons. The molecule has 2 aromatic heterocycles. The number of halogens is 3. The molecule has 0 aliphatic carbocycles. The van der Waals surface area contributed by atoms with Gasteiger partial charge in [0.2, 0.25) is 0 Å². The lowest BCUT2D eigenvalue weighted by Crippen LogP contribution is -2.15. The number of hydrogen-bond donors (Lipinski definition) is 1. The summed E-state index contributed by atoms with van der Waals surface area (Å²) >= 11 is 0. The molecule has 8 heteroatoms. The lowest BCUT2D eigenvalue weighted by Gasteiger charge is -2.10. The van der Waals surface area contributed by atoms with Crippen LogP contribution in [0.3, 0.4) is 0 Å². The number of aromatic nitrogens is 4. The summed E-state index contributed by atoms with van der Waals surface area (Å²) in [5.41, 5.74) is 0.819. The molecule has 0 radical (unpaired) electrons. The van der Waals surface area contributed by atoms with Gasteiger partial charge in [-0.3, -0.25) is 9.36 Å². The quantitative estimate of drug-likeness (QED) is 0.931. The molecular formula is C11H14F3N5. The van der Waals surface area contributed by atoms with E-state index in [1.807, 2.05) is 0 Å². The maximum Gasteiger partial charge on any atom is 0.433 e.